The van der Waals surface area contributed by atoms with Gasteiger partial charge in [-0.15, -0.1) is 0 Å². The van der Waals surface area contributed by atoms with Crippen molar-refractivity contribution in [1.82, 2.24) is 0 Å². The summed E-state index contributed by atoms with van der Waals surface area (Å²) in [5, 5.41) is 22.0. The summed E-state index contributed by atoms with van der Waals surface area (Å²) in [4.78, 5) is 0. The average molecular weight is 715 g/mol. The van der Waals surface area contributed by atoms with Crippen LogP contribution in [-0.4, -0.2) is 123 Å². The number of rotatable bonds is 10. The number of ether oxygens (including phenoxy) is 6. The van der Waals surface area contributed by atoms with Crippen LogP contribution in [-0.2, 0) is 70.1 Å². The van der Waals surface area contributed by atoms with Gasteiger partial charge < -0.3 is 56.7 Å². The molecule has 0 aromatic heterocycles. The normalized spacial score (nSPS) is 42.4. The van der Waals surface area contributed by atoms with Crippen molar-refractivity contribution in [2.45, 2.75) is 73.2 Å². The van der Waals surface area contributed by atoms with Crippen LogP contribution < -0.4 is 10.6 Å². The van der Waals surface area contributed by atoms with Crippen molar-refractivity contribution in [2.24, 2.45) is 0 Å². The molecule has 16 heteroatoms. The standard InChI is InChI=1S/C30H36O12P2S2/c31-19-11-33-27-21(13-35-25(19)27)39-43(45,17-7-3-1-4-8-17)41-23-15-37-30-24(16-38-29(23)30)42-44(46,18-9-5-2-6-10-18)40-22-14-36-26-20(32)12-34-28(22)26/h1-10,19-32H,11-16H2/t19?,20?,21-,22+,23+,24?,25+,26?,27+,28?,29?,30?,43?,44?/m0/s1. The Labute approximate surface area is 276 Å². The highest BCUT2D eigenvalue weighted by Crippen LogP contribution is 2.56. The molecule has 0 aliphatic carbocycles. The molecule has 2 N–H and O–H groups in total. The van der Waals surface area contributed by atoms with Crippen molar-refractivity contribution in [3.05, 3.63) is 60.7 Å². The molecular weight excluding hydrogens is 678 g/mol. The zero-order valence-electron chi connectivity index (χ0n) is 24.6. The molecule has 9 unspecified atom stereocenters. The Bertz CT molecular complexity index is 1360. The maximum Gasteiger partial charge on any atom is 0.220 e. The van der Waals surface area contributed by atoms with E-state index in [0.717, 1.165) is 10.6 Å². The van der Waals surface area contributed by atoms with Crippen molar-refractivity contribution in [1.29, 1.82) is 0 Å². The van der Waals surface area contributed by atoms with Crippen molar-refractivity contribution in [2.75, 3.05) is 39.6 Å². The van der Waals surface area contributed by atoms with Gasteiger partial charge in [0.1, 0.15) is 73.2 Å². The number of hydrogen-bond acceptors (Lipinski definition) is 14. The van der Waals surface area contributed by atoms with Crippen LogP contribution in [0.3, 0.4) is 0 Å². The van der Waals surface area contributed by atoms with E-state index in [1.165, 1.54) is 0 Å². The molecular formula is C30H36O12P2S2. The summed E-state index contributed by atoms with van der Waals surface area (Å²) in [5.41, 5.74) is 0. The number of hydrogen-bond donors (Lipinski definition) is 2. The Balaban J connectivity index is 0.992. The number of aliphatic hydroxyl groups excluding tert-OH is 2. The molecule has 0 bridgehead atoms. The summed E-state index contributed by atoms with van der Waals surface area (Å²) < 4.78 is 62.2. The van der Waals surface area contributed by atoms with Crippen LogP contribution in [0.25, 0.3) is 0 Å². The van der Waals surface area contributed by atoms with Crippen LogP contribution in [0.1, 0.15) is 0 Å². The minimum atomic E-state index is -3.13. The predicted octanol–water partition coefficient (Wildman–Crippen LogP) is 0.912. The van der Waals surface area contributed by atoms with E-state index in [1.54, 1.807) is 0 Å². The first-order valence-electron chi connectivity index (χ1n) is 15.4. The van der Waals surface area contributed by atoms with Gasteiger partial charge in [0.25, 0.3) is 0 Å². The van der Waals surface area contributed by atoms with Gasteiger partial charge in [0.2, 0.25) is 13.0 Å². The quantitative estimate of drug-likeness (QED) is 0.338. The number of benzene rings is 2. The third-order valence-corrected chi connectivity index (χ3v) is 15.5. The summed E-state index contributed by atoms with van der Waals surface area (Å²) >= 11 is 12.4. The monoisotopic (exact) mass is 714 g/mol. The molecule has 0 spiro atoms. The Morgan fingerprint density at radius 2 is 0.739 bits per heavy atom. The minimum Gasteiger partial charge on any atom is -0.388 e. The smallest absolute Gasteiger partial charge is 0.220 e. The van der Waals surface area contributed by atoms with E-state index in [2.05, 4.69) is 0 Å². The number of aliphatic hydroxyl groups is 2. The Morgan fingerprint density at radius 1 is 0.457 bits per heavy atom. The molecule has 6 saturated heterocycles. The Hall–Kier alpha value is -0.740. The molecule has 6 aliphatic rings. The average Bonchev–Trinajstić information content (AvgIpc) is 3.91. The molecule has 6 aliphatic heterocycles. The summed E-state index contributed by atoms with van der Waals surface area (Å²) in [7, 11) is 0. The summed E-state index contributed by atoms with van der Waals surface area (Å²) in [6.45, 7) is -4.98. The lowest BCUT2D eigenvalue weighted by Gasteiger charge is -2.31. The van der Waals surface area contributed by atoms with Gasteiger partial charge >= 0.3 is 0 Å². The lowest BCUT2D eigenvalue weighted by Crippen LogP contribution is -2.37. The van der Waals surface area contributed by atoms with Crippen LogP contribution in [0.5, 0.6) is 0 Å². The summed E-state index contributed by atoms with van der Waals surface area (Å²) in [6.07, 6.45) is -6.23. The fourth-order valence-corrected chi connectivity index (χ4v) is 12.8. The lowest BCUT2D eigenvalue weighted by atomic mass is 10.1. The van der Waals surface area contributed by atoms with Crippen molar-refractivity contribution in [3.63, 3.8) is 0 Å². The molecule has 0 radical (unpaired) electrons. The molecule has 8 rings (SSSR count). The number of fused-ring (bicyclic) bond motifs is 3. The van der Waals surface area contributed by atoms with Crippen LogP contribution in [0, 0.1) is 0 Å². The molecule has 6 heterocycles. The predicted molar refractivity (Wildman–Crippen MR) is 171 cm³/mol. The van der Waals surface area contributed by atoms with Gasteiger partial charge in [0.15, 0.2) is 0 Å². The maximum atomic E-state index is 10.2. The molecule has 46 heavy (non-hydrogen) atoms. The van der Waals surface area contributed by atoms with E-state index in [4.69, 9.17) is 70.1 Å². The summed E-state index contributed by atoms with van der Waals surface area (Å²) in [5.74, 6) is 0. The second-order valence-electron chi connectivity index (χ2n) is 12.2. The van der Waals surface area contributed by atoms with Gasteiger partial charge in [0.05, 0.1) is 39.6 Å². The van der Waals surface area contributed by atoms with Gasteiger partial charge in [-0.05, 0) is 47.9 Å². The third kappa shape index (κ3) is 6.02. The van der Waals surface area contributed by atoms with E-state index in [0.29, 0.717) is 0 Å². The van der Waals surface area contributed by atoms with Crippen molar-refractivity contribution in [3.8, 4) is 0 Å². The molecule has 14 atom stereocenters. The molecule has 2 aromatic rings. The van der Waals surface area contributed by atoms with E-state index in [-0.39, 0.29) is 39.6 Å². The fourth-order valence-electron chi connectivity index (χ4n) is 6.91. The topological polar surface area (TPSA) is 133 Å². The van der Waals surface area contributed by atoms with Gasteiger partial charge in [0, 0.05) is 10.6 Å². The minimum absolute atomic E-state index is 0.184. The largest absolute Gasteiger partial charge is 0.388 e. The lowest BCUT2D eigenvalue weighted by molar-refractivity contribution is -0.00655. The summed E-state index contributed by atoms with van der Waals surface area (Å²) in [6, 6.07) is 18.9. The van der Waals surface area contributed by atoms with Gasteiger partial charge in [-0.1, -0.05) is 36.4 Å². The second-order valence-corrected chi connectivity index (χ2v) is 18.9. The fraction of sp³-hybridized carbons (Fsp3) is 0.600. The molecule has 2 aromatic carbocycles. The molecule has 250 valence electrons. The second kappa shape index (κ2) is 13.2. The van der Waals surface area contributed by atoms with Gasteiger partial charge in [-0.3, -0.25) is 0 Å². The maximum absolute atomic E-state index is 10.2. The van der Waals surface area contributed by atoms with Crippen molar-refractivity contribution < 1.29 is 56.7 Å². The van der Waals surface area contributed by atoms with Crippen molar-refractivity contribution >= 4 is 47.2 Å². The third-order valence-electron chi connectivity index (χ3n) is 9.17. The first kappa shape index (κ1) is 32.5. The zero-order valence-corrected chi connectivity index (χ0v) is 28.1. The SMILES string of the molecule is OC1COC2C1OC[C@H]2OP(=S)(OC1COC2C1OC[C@H]2OP(=S)(O[C@H]1CO[C@@H]2C(O)CO[C@H]12)c1ccccc1)c1ccccc1. The van der Waals surface area contributed by atoms with Crippen LogP contribution in [0.15, 0.2) is 60.7 Å². The van der Waals surface area contributed by atoms with Gasteiger partial charge in [-0.25, -0.2) is 0 Å². The highest BCUT2D eigenvalue weighted by atomic mass is 32.5. The van der Waals surface area contributed by atoms with Crippen LogP contribution in [0.4, 0.5) is 0 Å². The highest BCUT2D eigenvalue weighted by Gasteiger charge is 2.55. The first-order chi connectivity index (χ1) is 22.3. The first-order valence-corrected chi connectivity index (χ1v) is 20.7. The highest BCUT2D eigenvalue weighted by molar-refractivity contribution is 8.13. The van der Waals surface area contributed by atoms with Crippen LogP contribution >= 0.6 is 13.0 Å². The van der Waals surface area contributed by atoms with E-state index in [9.17, 15) is 10.2 Å². The van der Waals surface area contributed by atoms with E-state index in [1.807, 2.05) is 60.7 Å². The van der Waals surface area contributed by atoms with E-state index >= 15 is 0 Å². The Kier molecular flexibility index (Phi) is 9.31. The molecule has 0 amide bonds. The van der Waals surface area contributed by atoms with Crippen LogP contribution in [0.2, 0.25) is 0 Å². The molecule has 0 saturated carbocycles. The Morgan fingerprint density at radius 3 is 1.09 bits per heavy atom. The van der Waals surface area contributed by atoms with E-state index < -0.39 is 86.2 Å². The molecule has 12 nitrogen and oxygen atoms in total. The molecule has 6 fully saturated rings. The zero-order chi connectivity index (χ0) is 31.5. The van der Waals surface area contributed by atoms with Gasteiger partial charge in [-0.2, -0.15) is 0 Å².